The Hall–Kier alpha value is -2.94. The van der Waals surface area contributed by atoms with Crippen molar-refractivity contribution in [1.29, 1.82) is 21.2 Å². The fraction of sp³-hybridized carbons (Fsp3) is 0.455. The molecule has 1 aliphatic carbocycles. The second-order valence-corrected chi connectivity index (χ2v) is 7.53. The smallest absolute Gasteiger partial charge is 0.185 e. The predicted octanol–water partition coefficient (Wildman–Crippen LogP) is 2.25. The van der Waals surface area contributed by atoms with Gasteiger partial charge in [0.15, 0.2) is 5.41 Å². The lowest BCUT2D eigenvalue weighted by molar-refractivity contribution is -0.913. The normalized spacial score (nSPS) is 28.8. The van der Waals surface area contributed by atoms with E-state index in [0.29, 0.717) is 6.42 Å². The minimum Gasteiger partial charge on any atom is -0.327 e. The van der Waals surface area contributed by atoms with Gasteiger partial charge in [0, 0.05) is 17.4 Å². The van der Waals surface area contributed by atoms with E-state index < -0.39 is 11.3 Å². The van der Waals surface area contributed by atoms with Crippen molar-refractivity contribution in [3.05, 3.63) is 47.5 Å². The fourth-order valence-electron chi connectivity index (χ4n) is 4.74. The second-order valence-electron chi connectivity index (χ2n) is 7.53. The van der Waals surface area contributed by atoms with Gasteiger partial charge in [0.1, 0.15) is 12.5 Å². The maximum atomic E-state index is 9.86. The monoisotopic (exact) mass is 358 g/mol. The summed E-state index contributed by atoms with van der Waals surface area (Å²) >= 11 is 0. The van der Waals surface area contributed by atoms with Crippen molar-refractivity contribution < 1.29 is 4.90 Å². The van der Waals surface area contributed by atoms with Gasteiger partial charge in [-0.05, 0) is 18.1 Å². The highest BCUT2D eigenvalue weighted by Crippen LogP contribution is 2.49. The van der Waals surface area contributed by atoms with Gasteiger partial charge in [0.2, 0.25) is 0 Å². The van der Waals surface area contributed by atoms with E-state index in [4.69, 9.17) is 5.41 Å². The molecule has 1 saturated carbocycles. The van der Waals surface area contributed by atoms with E-state index in [0.717, 1.165) is 31.6 Å². The van der Waals surface area contributed by atoms with E-state index in [1.54, 1.807) is 0 Å². The summed E-state index contributed by atoms with van der Waals surface area (Å²) in [5.74, 6) is -0.983. The molecule has 0 bridgehead atoms. The van der Waals surface area contributed by atoms with Crippen LogP contribution in [0.2, 0.25) is 0 Å². The van der Waals surface area contributed by atoms with E-state index in [1.165, 1.54) is 10.5 Å². The molecular formula is C22H24N5+. The molecule has 2 aliphatic rings. The van der Waals surface area contributed by atoms with Gasteiger partial charge in [0.25, 0.3) is 0 Å². The van der Waals surface area contributed by atoms with Gasteiger partial charge < -0.3 is 10.3 Å². The highest BCUT2D eigenvalue weighted by atomic mass is 15.1. The molecule has 3 rings (SSSR count). The van der Waals surface area contributed by atoms with E-state index in [9.17, 15) is 15.8 Å². The summed E-state index contributed by atoms with van der Waals surface area (Å²) in [4.78, 5) is 1.37. The molecular weight excluding hydrogens is 334 g/mol. The Morgan fingerprint density at radius 3 is 2.48 bits per heavy atom. The first kappa shape index (κ1) is 18.8. The molecule has 1 unspecified atom stereocenters. The third-order valence-electron chi connectivity index (χ3n) is 6.03. The standard InChI is InChI=1S/C22H23N5/c1-2-6-20-19-13-27(12-16-7-4-3-5-8-16)10-9-17(19)18(11-23)21(26)22(20,14-24)15-25/h3-5,7-9,18-20,26H,2,6,10,12-13H2,1H3/p+1/t18-,19+,20+/m1/s1. The van der Waals surface area contributed by atoms with Crippen LogP contribution in [0.15, 0.2) is 42.0 Å². The van der Waals surface area contributed by atoms with Crippen LogP contribution in [-0.2, 0) is 6.54 Å². The third-order valence-corrected chi connectivity index (χ3v) is 6.03. The van der Waals surface area contributed by atoms with Crippen LogP contribution in [0.5, 0.6) is 0 Å². The lowest BCUT2D eigenvalue weighted by atomic mass is 9.55. The van der Waals surface area contributed by atoms with Crippen LogP contribution in [0.4, 0.5) is 0 Å². The number of quaternary nitrogens is 1. The molecule has 136 valence electrons. The number of hydrogen-bond donors (Lipinski definition) is 2. The van der Waals surface area contributed by atoms with Crippen LogP contribution in [0.3, 0.4) is 0 Å². The molecule has 1 aromatic carbocycles. The summed E-state index contributed by atoms with van der Waals surface area (Å²) in [6, 6.07) is 16.8. The molecule has 0 saturated heterocycles. The number of nitriles is 3. The van der Waals surface area contributed by atoms with Gasteiger partial charge in [0.05, 0.1) is 37.0 Å². The largest absolute Gasteiger partial charge is 0.327 e. The van der Waals surface area contributed by atoms with Crippen molar-refractivity contribution in [3.8, 4) is 18.2 Å². The lowest BCUT2D eigenvalue weighted by Gasteiger charge is -2.46. The Labute approximate surface area is 160 Å². The quantitative estimate of drug-likeness (QED) is 0.807. The molecule has 4 atom stereocenters. The van der Waals surface area contributed by atoms with E-state index >= 15 is 0 Å². The number of benzene rings is 1. The van der Waals surface area contributed by atoms with E-state index in [1.807, 2.05) is 25.1 Å². The summed E-state index contributed by atoms with van der Waals surface area (Å²) < 4.78 is 0. The van der Waals surface area contributed by atoms with Gasteiger partial charge >= 0.3 is 0 Å². The molecule has 1 heterocycles. The van der Waals surface area contributed by atoms with Gasteiger partial charge in [-0.3, -0.25) is 0 Å². The third kappa shape index (κ3) is 3.14. The summed E-state index contributed by atoms with van der Waals surface area (Å²) in [5.41, 5.74) is 0.693. The lowest BCUT2D eigenvalue weighted by Crippen LogP contribution is -3.12. The molecule has 27 heavy (non-hydrogen) atoms. The zero-order chi connectivity index (χ0) is 19.4. The summed E-state index contributed by atoms with van der Waals surface area (Å²) in [6.45, 7) is 4.51. The van der Waals surface area contributed by atoms with Crippen molar-refractivity contribution in [2.24, 2.45) is 23.2 Å². The van der Waals surface area contributed by atoms with Crippen LogP contribution in [-0.4, -0.2) is 18.8 Å². The molecule has 0 amide bonds. The first-order valence-electron chi connectivity index (χ1n) is 9.49. The highest BCUT2D eigenvalue weighted by molar-refractivity contribution is 5.99. The van der Waals surface area contributed by atoms with Gasteiger partial charge in [-0.15, -0.1) is 0 Å². The molecule has 1 aliphatic heterocycles. The fourth-order valence-corrected chi connectivity index (χ4v) is 4.74. The number of hydrogen-bond acceptors (Lipinski definition) is 4. The number of fused-ring (bicyclic) bond motifs is 1. The topological polar surface area (TPSA) is 99.7 Å². The van der Waals surface area contributed by atoms with Crippen LogP contribution in [0, 0.1) is 62.6 Å². The zero-order valence-electron chi connectivity index (χ0n) is 15.6. The summed E-state index contributed by atoms with van der Waals surface area (Å²) in [6.07, 6.45) is 3.65. The number of nitrogens with zero attached hydrogens (tertiary/aromatic N) is 3. The Morgan fingerprint density at radius 1 is 1.19 bits per heavy atom. The highest BCUT2D eigenvalue weighted by Gasteiger charge is 2.57. The minimum atomic E-state index is -1.49. The molecule has 2 N–H and O–H groups in total. The first-order valence-corrected chi connectivity index (χ1v) is 9.49. The van der Waals surface area contributed by atoms with Crippen LogP contribution < -0.4 is 4.90 Å². The second kappa shape index (κ2) is 7.75. The average molecular weight is 358 g/mol. The maximum Gasteiger partial charge on any atom is 0.185 e. The minimum absolute atomic E-state index is 0.00420. The molecule has 1 fully saturated rings. The number of nitrogens with one attached hydrogen (secondary N) is 2. The van der Waals surface area contributed by atoms with Crippen molar-refractivity contribution in [2.45, 2.75) is 26.3 Å². The van der Waals surface area contributed by atoms with Crippen LogP contribution in [0.25, 0.3) is 0 Å². The average Bonchev–Trinajstić information content (AvgIpc) is 2.70. The molecule has 0 aromatic heterocycles. The van der Waals surface area contributed by atoms with Crippen molar-refractivity contribution in [1.82, 2.24) is 0 Å². The molecule has 5 nitrogen and oxygen atoms in total. The van der Waals surface area contributed by atoms with Crippen molar-refractivity contribution in [3.63, 3.8) is 0 Å². The summed E-state index contributed by atoms with van der Waals surface area (Å²) in [7, 11) is 0. The van der Waals surface area contributed by atoms with Crippen LogP contribution in [0.1, 0.15) is 25.3 Å². The van der Waals surface area contributed by atoms with Gasteiger partial charge in [-0.2, -0.15) is 15.8 Å². The van der Waals surface area contributed by atoms with E-state index in [2.05, 4.69) is 36.4 Å². The van der Waals surface area contributed by atoms with Gasteiger partial charge in [-0.25, -0.2) is 0 Å². The zero-order valence-corrected chi connectivity index (χ0v) is 15.6. The first-order chi connectivity index (χ1) is 13.1. The number of rotatable bonds is 4. The van der Waals surface area contributed by atoms with Gasteiger partial charge in [-0.1, -0.05) is 43.7 Å². The van der Waals surface area contributed by atoms with E-state index in [-0.39, 0.29) is 17.5 Å². The maximum absolute atomic E-state index is 9.86. The Balaban J connectivity index is 1.98. The predicted molar refractivity (Wildman–Crippen MR) is 101 cm³/mol. The SMILES string of the molecule is CCC[C@H]1[C@H]2C[NH+](Cc3ccccc3)CC=C2[C@@H](C#N)C(=N)C1(C#N)C#N. The van der Waals surface area contributed by atoms with Crippen molar-refractivity contribution in [2.75, 3.05) is 13.1 Å². The molecule has 5 heteroatoms. The Kier molecular flexibility index (Phi) is 5.41. The van der Waals surface area contributed by atoms with Crippen LogP contribution >= 0.6 is 0 Å². The summed E-state index contributed by atoms with van der Waals surface area (Å²) in [5, 5.41) is 37.9. The Bertz CT molecular complexity index is 851. The molecule has 0 radical (unpaired) electrons. The molecule has 0 spiro atoms. The van der Waals surface area contributed by atoms with Crippen molar-refractivity contribution >= 4 is 5.71 Å². The Morgan fingerprint density at radius 2 is 1.89 bits per heavy atom. The molecule has 1 aromatic rings.